The molecule has 0 spiro atoms. The number of aromatic nitrogens is 2. The van der Waals surface area contributed by atoms with Crippen molar-refractivity contribution in [2.45, 2.75) is 77.0 Å². The number of hydrogen-bond acceptors (Lipinski definition) is 3. The van der Waals surface area contributed by atoms with Crippen LogP contribution in [0.5, 0.6) is 0 Å². The van der Waals surface area contributed by atoms with E-state index in [4.69, 9.17) is 14.5 Å². The van der Waals surface area contributed by atoms with Crippen molar-refractivity contribution in [3.63, 3.8) is 0 Å². The van der Waals surface area contributed by atoms with E-state index < -0.39 is 5.60 Å². The van der Waals surface area contributed by atoms with Gasteiger partial charge in [0.1, 0.15) is 16.6 Å². The minimum atomic E-state index is -0.414. The summed E-state index contributed by atoms with van der Waals surface area (Å²) in [6.07, 6.45) is 6.32. The summed E-state index contributed by atoms with van der Waals surface area (Å²) in [5.74, 6) is 0.918. The van der Waals surface area contributed by atoms with Crippen molar-refractivity contribution in [2.24, 2.45) is 0 Å². The lowest BCUT2D eigenvalue weighted by Gasteiger charge is -2.26. The molecule has 6 rings (SSSR count). The van der Waals surface area contributed by atoms with Crippen molar-refractivity contribution in [3.8, 4) is 0 Å². The van der Waals surface area contributed by atoms with Crippen LogP contribution in [-0.2, 0) is 20.4 Å². The van der Waals surface area contributed by atoms with Gasteiger partial charge in [-0.3, -0.25) is 0 Å². The molecular formula is C31H35N2O2+. The molecule has 0 amide bonds. The SMILES string of the molecule is CCC12c3cccc4c5ccccc5c5nc(C)c[n+](c5c34)C1(CC)C2(C)OC(C)=CC(C)OC. The number of ether oxygens (including phenoxy) is 2. The van der Waals surface area contributed by atoms with E-state index in [1.807, 2.05) is 6.92 Å². The lowest BCUT2D eigenvalue weighted by molar-refractivity contribution is -0.727. The average Bonchev–Trinajstić information content (AvgIpc) is 3.35. The maximum absolute atomic E-state index is 7.03. The third-order valence-corrected chi connectivity index (χ3v) is 9.21. The molecule has 180 valence electrons. The smallest absolute Gasteiger partial charge is 0.240 e. The molecule has 2 aliphatic rings. The monoisotopic (exact) mass is 467 g/mol. The maximum atomic E-state index is 7.03. The number of methoxy groups -OCH3 is 1. The van der Waals surface area contributed by atoms with Gasteiger partial charge in [-0.1, -0.05) is 56.3 Å². The number of nitrogens with zero attached hydrogens (tertiary/aromatic N) is 2. The first-order chi connectivity index (χ1) is 16.8. The Morgan fingerprint density at radius 1 is 1.06 bits per heavy atom. The van der Waals surface area contributed by atoms with Gasteiger partial charge in [-0.2, -0.15) is 4.57 Å². The van der Waals surface area contributed by atoms with E-state index in [2.05, 4.69) is 93.9 Å². The summed E-state index contributed by atoms with van der Waals surface area (Å²) < 4.78 is 15.1. The van der Waals surface area contributed by atoms with E-state index in [-0.39, 0.29) is 17.1 Å². The van der Waals surface area contributed by atoms with Gasteiger partial charge in [0, 0.05) is 18.9 Å². The van der Waals surface area contributed by atoms with Crippen molar-refractivity contribution in [3.05, 3.63) is 71.8 Å². The second-order valence-electron chi connectivity index (χ2n) is 10.5. The first-order valence-electron chi connectivity index (χ1n) is 12.9. The molecule has 3 aromatic carbocycles. The predicted octanol–water partition coefficient (Wildman–Crippen LogP) is 6.63. The second kappa shape index (κ2) is 7.27. The van der Waals surface area contributed by atoms with Crippen molar-refractivity contribution in [1.82, 2.24) is 4.98 Å². The van der Waals surface area contributed by atoms with Gasteiger partial charge in [-0.25, -0.2) is 4.98 Å². The van der Waals surface area contributed by atoms with Crippen LogP contribution in [0, 0.1) is 6.92 Å². The second-order valence-corrected chi connectivity index (χ2v) is 10.5. The van der Waals surface area contributed by atoms with E-state index >= 15 is 0 Å². The number of benzene rings is 3. The molecule has 4 aromatic rings. The molecule has 4 unspecified atom stereocenters. The molecule has 0 saturated heterocycles. The maximum Gasteiger partial charge on any atom is 0.240 e. The number of fused-ring (bicyclic) bond motifs is 6. The molecule has 4 atom stereocenters. The Hall–Kier alpha value is -2.98. The molecule has 35 heavy (non-hydrogen) atoms. The minimum absolute atomic E-state index is 0.00277. The predicted molar refractivity (Wildman–Crippen MR) is 142 cm³/mol. The normalized spacial score (nSPS) is 28.0. The molecule has 1 aliphatic heterocycles. The minimum Gasteiger partial charge on any atom is -0.484 e. The summed E-state index contributed by atoms with van der Waals surface area (Å²) >= 11 is 0. The van der Waals surface area contributed by atoms with Crippen LogP contribution < -0.4 is 4.57 Å². The quantitative estimate of drug-likeness (QED) is 0.181. The van der Waals surface area contributed by atoms with Gasteiger partial charge < -0.3 is 9.47 Å². The van der Waals surface area contributed by atoms with Gasteiger partial charge in [0.15, 0.2) is 11.8 Å². The molecule has 4 nitrogen and oxygen atoms in total. The molecule has 1 aromatic heterocycles. The summed E-state index contributed by atoms with van der Waals surface area (Å²) in [5.41, 5.74) is 3.99. The van der Waals surface area contributed by atoms with Gasteiger partial charge in [0.2, 0.25) is 11.1 Å². The molecule has 1 fully saturated rings. The largest absolute Gasteiger partial charge is 0.484 e. The highest BCUT2D eigenvalue weighted by Gasteiger charge is 2.94. The van der Waals surface area contributed by atoms with E-state index in [1.165, 1.54) is 32.6 Å². The van der Waals surface area contributed by atoms with Gasteiger partial charge in [-0.05, 0) is 56.5 Å². The molecule has 0 N–H and O–H groups in total. The van der Waals surface area contributed by atoms with Gasteiger partial charge in [-0.15, -0.1) is 0 Å². The Bertz CT molecular complexity index is 1560. The van der Waals surface area contributed by atoms with Crippen LogP contribution in [0.15, 0.2) is 60.5 Å². The summed E-state index contributed by atoms with van der Waals surface area (Å²) in [4.78, 5) is 5.13. The van der Waals surface area contributed by atoms with Crippen LogP contribution in [0.25, 0.3) is 32.6 Å². The highest BCUT2D eigenvalue weighted by molar-refractivity contribution is 6.23. The van der Waals surface area contributed by atoms with Crippen molar-refractivity contribution in [1.29, 1.82) is 0 Å². The van der Waals surface area contributed by atoms with Crippen molar-refractivity contribution < 1.29 is 14.0 Å². The van der Waals surface area contributed by atoms with Gasteiger partial charge in [0.05, 0.1) is 17.2 Å². The Kier molecular flexibility index (Phi) is 4.67. The van der Waals surface area contributed by atoms with Crippen LogP contribution in [0.4, 0.5) is 0 Å². The number of allylic oxidation sites excluding steroid dienone is 1. The zero-order valence-electron chi connectivity index (χ0n) is 21.9. The Morgan fingerprint density at radius 3 is 2.46 bits per heavy atom. The topological polar surface area (TPSA) is 35.2 Å². The van der Waals surface area contributed by atoms with E-state index in [0.29, 0.717) is 0 Å². The van der Waals surface area contributed by atoms with Crippen molar-refractivity contribution in [2.75, 3.05) is 7.11 Å². The third-order valence-electron chi connectivity index (χ3n) is 9.21. The molecule has 1 saturated carbocycles. The molecule has 0 bridgehead atoms. The average molecular weight is 468 g/mol. The third kappa shape index (κ3) is 2.41. The van der Waals surface area contributed by atoms with Crippen LogP contribution in [-0.4, -0.2) is 23.8 Å². The Morgan fingerprint density at radius 2 is 1.77 bits per heavy atom. The first-order valence-corrected chi connectivity index (χ1v) is 12.9. The lowest BCUT2D eigenvalue weighted by Crippen LogP contribution is -2.55. The molecule has 2 heterocycles. The van der Waals surface area contributed by atoms with E-state index in [9.17, 15) is 0 Å². The molecule has 0 radical (unpaired) electrons. The lowest BCUT2D eigenvalue weighted by atomic mass is 9.79. The fraction of sp³-hybridized carbons (Fsp3) is 0.419. The fourth-order valence-electron chi connectivity index (χ4n) is 7.96. The number of rotatable bonds is 6. The highest BCUT2D eigenvalue weighted by Crippen LogP contribution is 2.76. The van der Waals surface area contributed by atoms with Crippen LogP contribution >= 0.6 is 0 Å². The summed E-state index contributed by atoms with van der Waals surface area (Å²) in [7, 11) is 1.74. The summed E-state index contributed by atoms with van der Waals surface area (Å²) in [6, 6.07) is 15.6. The van der Waals surface area contributed by atoms with Gasteiger partial charge in [0.25, 0.3) is 0 Å². The Balaban J connectivity index is 1.77. The summed E-state index contributed by atoms with van der Waals surface area (Å²) in [6.45, 7) is 13.2. The van der Waals surface area contributed by atoms with E-state index in [1.54, 1.807) is 7.11 Å². The summed E-state index contributed by atoms with van der Waals surface area (Å²) in [5, 5.41) is 5.12. The Labute approximate surface area is 207 Å². The fourth-order valence-corrected chi connectivity index (χ4v) is 7.96. The number of aryl methyl sites for hydroxylation is 1. The first kappa shape index (κ1) is 22.5. The van der Waals surface area contributed by atoms with Crippen molar-refractivity contribution >= 4 is 32.6 Å². The molecule has 4 heteroatoms. The van der Waals surface area contributed by atoms with Crippen LogP contribution in [0.1, 0.15) is 58.7 Å². The molecule has 1 aliphatic carbocycles. The zero-order valence-corrected chi connectivity index (χ0v) is 21.9. The number of hydrogen-bond donors (Lipinski definition) is 0. The van der Waals surface area contributed by atoms with Crippen LogP contribution in [0.3, 0.4) is 0 Å². The van der Waals surface area contributed by atoms with Crippen LogP contribution in [0.2, 0.25) is 0 Å². The molecular weight excluding hydrogens is 432 g/mol. The van der Waals surface area contributed by atoms with E-state index in [0.717, 1.165) is 29.8 Å². The highest BCUT2D eigenvalue weighted by atomic mass is 16.5. The van der Waals surface area contributed by atoms with Gasteiger partial charge >= 0.3 is 0 Å². The standard InChI is InChI=1S/C31H35N2O2/c1-8-30-25-16-12-15-23-22-13-10-11-14-24(22)27-28(26(23)25)33(18-19(3)32-27)31(30,9-2)29(30,6)35-21(5)17-20(4)34-7/h10-18,20H,8-9H2,1-7H3/q+1. The zero-order chi connectivity index (χ0) is 24.8.